The zero-order valence-corrected chi connectivity index (χ0v) is 10.1. The monoisotopic (exact) mass is 213 g/mol. The third-order valence-corrected chi connectivity index (χ3v) is 2.54. The molecule has 0 saturated carbocycles. The summed E-state index contributed by atoms with van der Waals surface area (Å²) in [6.07, 6.45) is 4.66. The van der Waals surface area contributed by atoms with E-state index in [0.717, 1.165) is 12.8 Å². The summed E-state index contributed by atoms with van der Waals surface area (Å²) in [4.78, 5) is 21.9. The predicted molar refractivity (Wildman–Crippen MR) is 61.6 cm³/mol. The van der Waals surface area contributed by atoms with Crippen LogP contribution in [-0.4, -0.2) is 18.2 Å². The zero-order valence-electron chi connectivity index (χ0n) is 10.1. The van der Waals surface area contributed by atoms with Gasteiger partial charge in [-0.2, -0.15) is 0 Å². The second kappa shape index (κ2) is 8.45. The third-order valence-electron chi connectivity index (χ3n) is 2.54. The molecule has 0 aliphatic heterocycles. The Morgan fingerprint density at radius 3 is 2.40 bits per heavy atom. The van der Waals surface area contributed by atoms with Gasteiger partial charge in [0, 0.05) is 6.54 Å². The minimum atomic E-state index is -0.141. The van der Waals surface area contributed by atoms with Gasteiger partial charge in [0.25, 0.3) is 0 Å². The summed E-state index contributed by atoms with van der Waals surface area (Å²) >= 11 is 0. The second-order valence-electron chi connectivity index (χ2n) is 4.10. The van der Waals surface area contributed by atoms with Crippen molar-refractivity contribution in [3.05, 3.63) is 0 Å². The van der Waals surface area contributed by atoms with Gasteiger partial charge in [0.1, 0.15) is 5.78 Å². The van der Waals surface area contributed by atoms with Gasteiger partial charge in [-0.15, -0.1) is 0 Å². The number of nitrogens with one attached hydrogen (secondary N) is 1. The van der Waals surface area contributed by atoms with Crippen molar-refractivity contribution in [3.63, 3.8) is 0 Å². The quantitative estimate of drug-likeness (QED) is 0.629. The van der Waals surface area contributed by atoms with Crippen molar-refractivity contribution in [1.82, 2.24) is 5.32 Å². The number of unbranched alkanes of at least 4 members (excludes halogenated alkanes) is 1. The van der Waals surface area contributed by atoms with Crippen molar-refractivity contribution in [1.29, 1.82) is 0 Å². The van der Waals surface area contributed by atoms with Crippen molar-refractivity contribution in [2.75, 3.05) is 6.54 Å². The zero-order chi connectivity index (χ0) is 11.7. The fourth-order valence-corrected chi connectivity index (χ4v) is 1.49. The molecule has 0 saturated heterocycles. The number of Topliss-reactive ketones (excluding diaryl/α,β-unsaturated/α-hetero) is 1. The molecule has 0 fully saturated rings. The Hall–Kier alpha value is -0.860. The van der Waals surface area contributed by atoms with E-state index in [1.54, 1.807) is 0 Å². The highest BCUT2D eigenvalue weighted by Gasteiger charge is 2.09. The molecule has 0 radical (unpaired) electrons. The summed E-state index contributed by atoms with van der Waals surface area (Å²) < 4.78 is 0. The highest BCUT2D eigenvalue weighted by atomic mass is 16.2. The van der Waals surface area contributed by atoms with Gasteiger partial charge in [0.2, 0.25) is 5.91 Å². The molecule has 0 aliphatic carbocycles. The molecule has 3 heteroatoms. The lowest BCUT2D eigenvalue weighted by atomic mass is 9.99. The number of amides is 1. The van der Waals surface area contributed by atoms with Gasteiger partial charge in [0.05, 0.1) is 6.42 Å². The summed E-state index contributed by atoms with van der Waals surface area (Å²) in [7, 11) is 0. The van der Waals surface area contributed by atoms with E-state index in [1.165, 1.54) is 19.8 Å². The van der Waals surface area contributed by atoms with E-state index >= 15 is 0 Å². The normalized spacial score (nSPS) is 12.2. The molecule has 88 valence electrons. The number of rotatable bonds is 8. The van der Waals surface area contributed by atoms with E-state index in [-0.39, 0.29) is 18.1 Å². The lowest BCUT2D eigenvalue weighted by Crippen LogP contribution is -2.30. The minimum absolute atomic E-state index is 0.0181. The first-order chi connectivity index (χ1) is 7.10. The lowest BCUT2D eigenvalue weighted by molar-refractivity contribution is -0.127. The van der Waals surface area contributed by atoms with E-state index in [2.05, 4.69) is 19.2 Å². The fourth-order valence-electron chi connectivity index (χ4n) is 1.49. The average Bonchev–Trinajstić information content (AvgIpc) is 2.17. The fraction of sp³-hybridized carbons (Fsp3) is 0.833. The SMILES string of the molecule is CCCC[C@H](CC)CNC(=O)CC(C)=O. The summed E-state index contributed by atoms with van der Waals surface area (Å²) in [5, 5.41) is 2.81. The van der Waals surface area contributed by atoms with Crippen LogP contribution in [0.25, 0.3) is 0 Å². The molecule has 0 unspecified atom stereocenters. The van der Waals surface area contributed by atoms with E-state index in [0.29, 0.717) is 12.5 Å². The molecule has 0 bridgehead atoms. The summed E-state index contributed by atoms with van der Waals surface area (Å²) in [6, 6.07) is 0. The Labute approximate surface area is 92.6 Å². The van der Waals surface area contributed by atoms with Crippen LogP contribution in [0.3, 0.4) is 0 Å². The summed E-state index contributed by atoms with van der Waals surface area (Å²) in [5.41, 5.74) is 0. The maximum Gasteiger partial charge on any atom is 0.227 e. The number of hydrogen-bond acceptors (Lipinski definition) is 2. The summed E-state index contributed by atoms with van der Waals surface area (Å²) in [5.74, 6) is 0.340. The molecule has 0 aromatic heterocycles. The number of carbonyl (C=O) groups is 2. The molecule has 0 heterocycles. The van der Waals surface area contributed by atoms with Crippen molar-refractivity contribution < 1.29 is 9.59 Å². The minimum Gasteiger partial charge on any atom is -0.355 e. The molecule has 0 aromatic carbocycles. The topological polar surface area (TPSA) is 46.2 Å². The van der Waals surface area contributed by atoms with Crippen LogP contribution >= 0.6 is 0 Å². The highest BCUT2D eigenvalue weighted by Crippen LogP contribution is 2.11. The van der Waals surface area contributed by atoms with Crippen molar-refractivity contribution >= 4 is 11.7 Å². The number of carbonyl (C=O) groups excluding carboxylic acids is 2. The molecule has 0 aliphatic rings. The maximum absolute atomic E-state index is 11.2. The van der Waals surface area contributed by atoms with Crippen LogP contribution < -0.4 is 5.32 Å². The Balaban J connectivity index is 3.69. The molecule has 0 rings (SSSR count). The van der Waals surface area contributed by atoms with Crippen molar-refractivity contribution in [2.45, 2.75) is 52.9 Å². The van der Waals surface area contributed by atoms with Gasteiger partial charge in [0.15, 0.2) is 0 Å². The van der Waals surface area contributed by atoms with Gasteiger partial charge < -0.3 is 5.32 Å². The van der Waals surface area contributed by atoms with Gasteiger partial charge in [-0.05, 0) is 19.3 Å². The van der Waals surface area contributed by atoms with E-state index in [4.69, 9.17) is 0 Å². The molecule has 15 heavy (non-hydrogen) atoms. The molecule has 3 nitrogen and oxygen atoms in total. The van der Waals surface area contributed by atoms with Crippen LogP contribution in [0.1, 0.15) is 52.9 Å². The van der Waals surface area contributed by atoms with Crippen molar-refractivity contribution in [2.24, 2.45) is 5.92 Å². The van der Waals surface area contributed by atoms with Crippen LogP contribution in [0.15, 0.2) is 0 Å². The highest BCUT2D eigenvalue weighted by molar-refractivity contribution is 5.96. The third kappa shape index (κ3) is 8.16. The van der Waals surface area contributed by atoms with E-state index in [1.807, 2.05) is 0 Å². The standard InChI is InChI=1S/C12H23NO2/c1-4-6-7-11(5-2)9-13-12(15)8-10(3)14/h11H,4-9H2,1-3H3,(H,13,15)/t11-/m0/s1. The van der Waals surface area contributed by atoms with E-state index in [9.17, 15) is 9.59 Å². The van der Waals surface area contributed by atoms with Crippen LogP contribution in [0, 0.1) is 5.92 Å². The molecule has 1 amide bonds. The number of ketones is 1. The van der Waals surface area contributed by atoms with E-state index < -0.39 is 0 Å². The largest absolute Gasteiger partial charge is 0.355 e. The Morgan fingerprint density at radius 1 is 1.27 bits per heavy atom. The maximum atomic E-state index is 11.2. The van der Waals surface area contributed by atoms with Gasteiger partial charge >= 0.3 is 0 Å². The molecule has 1 atom stereocenters. The smallest absolute Gasteiger partial charge is 0.227 e. The lowest BCUT2D eigenvalue weighted by Gasteiger charge is -2.14. The van der Waals surface area contributed by atoms with Gasteiger partial charge in [-0.25, -0.2) is 0 Å². The molecule has 1 N–H and O–H groups in total. The summed E-state index contributed by atoms with van der Waals surface area (Å²) in [6.45, 7) is 6.45. The molecule has 0 spiro atoms. The Kier molecular flexibility index (Phi) is 7.96. The number of hydrogen-bond donors (Lipinski definition) is 1. The van der Waals surface area contributed by atoms with Gasteiger partial charge in [-0.3, -0.25) is 9.59 Å². The Morgan fingerprint density at radius 2 is 1.93 bits per heavy atom. The molecular weight excluding hydrogens is 190 g/mol. The predicted octanol–water partition coefficient (Wildman–Crippen LogP) is 2.30. The van der Waals surface area contributed by atoms with Crippen molar-refractivity contribution in [3.8, 4) is 0 Å². The molecule has 0 aromatic rings. The Bertz CT molecular complexity index is 202. The van der Waals surface area contributed by atoms with Crippen LogP contribution in [-0.2, 0) is 9.59 Å². The van der Waals surface area contributed by atoms with Crippen LogP contribution in [0.2, 0.25) is 0 Å². The van der Waals surface area contributed by atoms with Crippen LogP contribution in [0.4, 0.5) is 0 Å². The van der Waals surface area contributed by atoms with Crippen LogP contribution in [0.5, 0.6) is 0 Å². The second-order valence-corrected chi connectivity index (χ2v) is 4.10. The molecular formula is C12H23NO2. The van der Waals surface area contributed by atoms with Gasteiger partial charge in [-0.1, -0.05) is 33.1 Å². The average molecular weight is 213 g/mol. The first kappa shape index (κ1) is 14.1. The first-order valence-electron chi connectivity index (χ1n) is 5.86. The first-order valence-corrected chi connectivity index (χ1v) is 5.86.